The summed E-state index contributed by atoms with van der Waals surface area (Å²) in [6, 6.07) is 14.5. The molecule has 3 N–H and O–H groups in total. The second kappa shape index (κ2) is 9.81. The van der Waals surface area contributed by atoms with Crippen molar-refractivity contribution in [3.8, 4) is 0 Å². The molecule has 2 amide bonds. The fourth-order valence-electron chi connectivity index (χ4n) is 2.13. The zero-order valence-electron chi connectivity index (χ0n) is 14.6. The van der Waals surface area contributed by atoms with Gasteiger partial charge in [0.25, 0.3) is 11.8 Å². The molecule has 2 rings (SSSR count). The molecule has 0 saturated carbocycles. The molecule has 0 aliphatic carbocycles. The predicted molar refractivity (Wildman–Crippen MR) is 104 cm³/mol. The highest BCUT2D eigenvalue weighted by Crippen LogP contribution is 2.18. The van der Waals surface area contributed by atoms with Crippen LogP contribution in [0.25, 0.3) is 0 Å². The molecule has 1 unspecified atom stereocenters. The Morgan fingerprint density at radius 2 is 1.68 bits per heavy atom. The number of benzene rings is 2. The molecule has 2 aromatic carbocycles. The largest absolute Gasteiger partial charge is 0.350 e. The van der Waals surface area contributed by atoms with Gasteiger partial charge in [0, 0.05) is 29.4 Å². The monoisotopic (exact) mass is 361 g/mol. The van der Waals surface area contributed by atoms with E-state index in [1.807, 2.05) is 45.2 Å². The number of carbonyl (C=O) groups is 2. The second-order valence-electron chi connectivity index (χ2n) is 5.75. The Labute approximate surface area is 154 Å². The van der Waals surface area contributed by atoms with E-state index in [-0.39, 0.29) is 30.3 Å². The van der Waals surface area contributed by atoms with Crippen LogP contribution in [0.2, 0.25) is 0 Å². The number of hydrogen-bond acceptors (Lipinski definition) is 3. The average molecular weight is 362 g/mol. The smallest absolute Gasteiger partial charge is 0.255 e. The first kappa shape index (κ1) is 20.7. The molecule has 0 aliphatic heterocycles. The Balaban J connectivity index is 0.00000312. The maximum Gasteiger partial charge on any atom is 0.255 e. The fraction of sp³-hybridized carbons (Fsp3) is 0.263. The van der Waals surface area contributed by atoms with Gasteiger partial charge in [0.05, 0.1) is 0 Å². The normalized spacial score (nSPS) is 11.2. The molecule has 0 aromatic heterocycles. The van der Waals surface area contributed by atoms with Crippen molar-refractivity contribution in [2.45, 2.75) is 19.9 Å². The third kappa shape index (κ3) is 5.89. The molecular weight excluding hydrogens is 338 g/mol. The topological polar surface area (TPSA) is 70.2 Å². The van der Waals surface area contributed by atoms with Gasteiger partial charge in [-0.05, 0) is 50.7 Å². The predicted octanol–water partition coefficient (Wildman–Crippen LogP) is 3.01. The molecule has 0 aliphatic rings. The summed E-state index contributed by atoms with van der Waals surface area (Å²) in [4.78, 5) is 24.5. The molecule has 25 heavy (non-hydrogen) atoms. The first-order valence-corrected chi connectivity index (χ1v) is 7.93. The van der Waals surface area contributed by atoms with Crippen LogP contribution >= 0.6 is 12.4 Å². The number of likely N-dealkylation sites (N-methyl/N-ethyl adjacent to an activating group) is 1. The van der Waals surface area contributed by atoms with Crippen molar-refractivity contribution >= 4 is 29.9 Å². The van der Waals surface area contributed by atoms with E-state index >= 15 is 0 Å². The molecule has 0 fully saturated rings. The van der Waals surface area contributed by atoms with Crippen molar-refractivity contribution in [2.24, 2.45) is 0 Å². The lowest BCUT2D eigenvalue weighted by atomic mass is 10.1. The van der Waals surface area contributed by atoms with Crippen LogP contribution < -0.4 is 16.0 Å². The summed E-state index contributed by atoms with van der Waals surface area (Å²) in [5, 5.41) is 8.80. The van der Waals surface area contributed by atoms with Gasteiger partial charge in [-0.1, -0.05) is 24.3 Å². The lowest BCUT2D eigenvalue weighted by molar-refractivity contribution is 0.0949. The Morgan fingerprint density at radius 3 is 2.32 bits per heavy atom. The molecule has 6 heteroatoms. The standard InChI is InChI=1S/C19H23N3O2.ClH/c1-13-9-10-16(18(23)21-12-14(2)20-3)11-17(13)22-19(24)15-7-5-4-6-8-15;/h4-11,14,20H,12H2,1-3H3,(H,21,23)(H,22,24);1H. The number of carbonyl (C=O) groups excluding carboxylic acids is 2. The van der Waals surface area contributed by atoms with Crippen molar-refractivity contribution in [1.82, 2.24) is 10.6 Å². The van der Waals surface area contributed by atoms with Crippen LogP contribution in [0.3, 0.4) is 0 Å². The van der Waals surface area contributed by atoms with Crippen molar-refractivity contribution < 1.29 is 9.59 Å². The summed E-state index contributed by atoms with van der Waals surface area (Å²) in [5.74, 6) is -0.354. The van der Waals surface area contributed by atoms with Crippen molar-refractivity contribution in [2.75, 3.05) is 18.9 Å². The highest BCUT2D eigenvalue weighted by molar-refractivity contribution is 6.05. The number of halogens is 1. The van der Waals surface area contributed by atoms with Crippen molar-refractivity contribution in [3.63, 3.8) is 0 Å². The molecule has 5 nitrogen and oxygen atoms in total. The van der Waals surface area contributed by atoms with Gasteiger partial charge in [0.15, 0.2) is 0 Å². The Morgan fingerprint density at radius 1 is 1.00 bits per heavy atom. The third-order valence-electron chi connectivity index (χ3n) is 3.85. The van der Waals surface area contributed by atoms with Gasteiger partial charge in [-0.25, -0.2) is 0 Å². The Hall–Kier alpha value is -2.37. The quantitative estimate of drug-likeness (QED) is 0.740. The zero-order valence-corrected chi connectivity index (χ0v) is 15.4. The lowest BCUT2D eigenvalue weighted by Crippen LogP contribution is -2.37. The van der Waals surface area contributed by atoms with E-state index in [2.05, 4.69) is 16.0 Å². The Kier molecular flexibility index (Phi) is 8.11. The van der Waals surface area contributed by atoms with Crippen molar-refractivity contribution in [1.29, 1.82) is 0 Å². The van der Waals surface area contributed by atoms with Gasteiger partial charge in [0.1, 0.15) is 0 Å². The number of hydrogen-bond donors (Lipinski definition) is 3. The van der Waals surface area contributed by atoms with E-state index in [1.165, 1.54) is 0 Å². The van der Waals surface area contributed by atoms with Crippen LogP contribution in [-0.4, -0.2) is 31.4 Å². The maximum absolute atomic E-state index is 12.3. The molecule has 2 aromatic rings. The lowest BCUT2D eigenvalue weighted by Gasteiger charge is -2.13. The minimum atomic E-state index is -0.194. The summed E-state index contributed by atoms with van der Waals surface area (Å²) in [6.45, 7) is 4.42. The van der Waals surface area contributed by atoms with E-state index in [1.54, 1.807) is 24.3 Å². The van der Waals surface area contributed by atoms with Crippen LogP contribution in [-0.2, 0) is 0 Å². The van der Waals surface area contributed by atoms with Gasteiger partial charge < -0.3 is 16.0 Å². The van der Waals surface area contributed by atoms with Crippen LogP contribution in [0, 0.1) is 6.92 Å². The molecule has 0 saturated heterocycles. The maximum atomic E-state index is 12.3. The van der Waals surface area contributed by atoms with E-state index in [0.717, 1.165) is 5.56 Å². The van der Waals surface area contributed by atoms with Gasteiger partial charge in [-0.15, -0.1) is 12.4 Å². The van der Waals surface area contributed by atoms with Gasteiger partial charge in [-0.3, -0.25) is 9.59 Å². The molecule has 1 atom stereocenters. The van der Waals surface area contributed by atoms with E-state index in [4.69, 9.17) is 0 Å². The fourth-order valence-corrected chi connectivity index (χ4v) is 2.13. The van der Waals surface area contributed by atoms with Crippen LogP contribution in [0.5, 0.6) is 0 Å². The number of nitrogens with one attached hydrogen (secondary N) is 3. The molecule has 134 valence electrons. The van der Waals surface area contributed by atoms with Gasteiger partial charge in [0.2, 0.25) is 0 Å². The summed E-state index contributed by atoms with van der Waals surface area (Å²) in [5.41, 5.74) is 2.64. The minimum absolute atomic E-state index is 0. The van der Waals surface area contributed by atoms with Crippen LogP contribution in [0.15, 0.2) is 48.5 Å². The zero-order chi connectivity index (χ0) is 17.5. The molecule has 0 bridgehead atoms. The molecule has 0 radical (unpaired) electrons. The molecular formula is C19H24ClN3O2. The number of amides is 2. The highest BCUT2D eigenvalue weighted by Gasteiger charge is 2.11. The van der Waals surface area contributed by atoms with E-state index < -0.39 is 0 Å². The van der Waals surface area contributed by atoms with Crippen LogP contribution in [0.1, 0.15) is 33.2 Å². The van der Waals surface area contributed by atoms with E-state index in [0.29, 0.717) is 23.4 Å². The minimum Gasteiger partial charge on any atom is -0.350 e. The van der Waals surface area contributed by atoms with Gasteiger partial charge in [-0.2, -0.15) is 0 Å². The molecule has 0 spiro atoms. The number of anilines is 1. The second-order valence-corrected chi connectivity index (χ2v) is 5.75. The Bertz CT molecular complexity index is 720. The summed E-state index contributed by atoms with van der Waals surface area (Å²) < 4.78 is 0. The van der Waals surface area contributed by atoms with Crippen LogP contribution in [0.4, 0.5) is 5.69 Å². The van der Waals surface area contributed by atoms with E-state index in [9.17, 15) is 9.59 Å². The first-order chi connectivity index (χ1) is 11.5. The summed E-state index contributed by atoms with van der Waals surface area (Å²) >= 11 is 0. The first-order valence-electron chi connectivity index (χ1n) is 7.93. The summed E-state index contributed by atoms with van der Waals surface area (Å²) in [7, 11) is 1.85. The highest BCUT2D eigenvalue weighted by atomic mass is 35.5. The summed E-state index contributed by atoms with van der Waals surface area (Å²) in [6.07, 6.45) is 0. The SMILES string of the molecule is CNC(C)CNC(=O)c1ccc(C)c(NC(=O)c2ccccc2)c1.Cl. The average Bonchev–Trinajstić information content (AvgIpc) is 2.61. The number of rotatable bonds is 6. The van der Waals surface area contributed by atoms with Gasteiger partial charge >= 0.3 is 0 Å². The number of aryl methyl sites for hydroxylation is 1. The van der Waals surface area contributed by atoms with Crippen molar-refractivity contribution in [3.05, 3.63) is 65.2 Å². The molecule has 0 heterocycles. The third-order valence-corrected chi connectivity index (χ3v) is 3.85.